The lowest BCUT2D eigenvalue weighted by Gasteiger charge is -2.09. The second-order valence-corrected chi connectivity index (χ2v) is 5.22. The Balaban J connectivity index is 2.40. The van der Waals surface area contributed by atoms with Crippen LogP contribution in [-0.4, -0.2) is 31.6 Å². The summed E-state index contributed by atoms with van der Waals surface area (Å²) < 4.78 is 9.90. The zero-order valence-electron chi connectivity index (χ0n) is 11.3. The molecule has 0 aliphatic rings. The van der Waals surface area contributed by atoms with Crippen molar-refractivity contribution in [3.05, 3.63) is 27.2 Å². The maximum absolute atomic E-state index is 11.4. The minimum atomic E-state index is -0.691. The molecule has 1 aromatic rings. The Labute approximate surface area is 137 Å². The highest BCUT2D eigenvalue weighted by Gasteiger charge is 2.11. The summed E-state index contributed by atoms with van der Waals surface area (Å²) in [5, 5.41) is 3.33. The SMILES string of the molecule is CCCNC(=O)COC(=O)COc1cc(Cl)c(Cl)cc1Cl. The third kappa shape index (κ3) is 6.42. The summed E-state index contributed by atoms with van der Waals surface area (Å²) in [5.74, 6) is -0.847. The molecule has 8 heteroatoms. The first-order valence-corrected chi connectivity index (χ1v) is 7.27. The molecule has 0 atom stereocenters. The average molecular weight is 355 g/mol. The number of esters is 1. The van der Waals surface area contributed by atoms with Gasteiger partial charge in [0.25, 0.3) is 5.91 Å². The van der Waals surface area contributed by atoms with Crippen LogP contribution in [0.5, 0.6) is 5.75 Å². The summed E-state index contributed by atoms with van der Waals surface area (Å²) in [6.07, 6.45) is 0.804. The monoisotopic (exact) mass is 353 g/mol. The normalized spacial score (nSPS) is 10.1. The Hall–Kier alpha value is -1.17. The minimum Gasteiger partial charge on any atom is -0.480 e. The van der Waals surface area contributed by atoms with Crippen molar-refractivity contribution in [3.63, 3.8) is 0 Å². The van der Waals surface area contributed by atoms with Crippen LogP contribution in [0.4, 0.5) is 0 Å². The number of carbonyl (C=O) groups excluding carboxylic acids is 2. The standard InChI is InChI=1S/C13H14Cl3NO4/c1-2-3-17-12(18)6-21-13(19)7-20-11-5-9(15)8(14)4-10(11)16/h4-5H,2-3,6-7H2,1H3,(H,17,18). The van der Waals surface area contributed by atoms with Crippen LogP contribution >= 0.6 is 34.8 Å². The molecular weight excluding hydrogens is 341 g/mol. The Kier molecular flexibility index (Phi) is 7.64. The number of amides is 1. The van der Waals surface area contributed by atoms with Crippen LogP contribution in [-0.2, 0) is 14.3 Å². The highest BCUT2D eigenvalue weighted by Crippen LogP contribution is 2.33. The molecule has 1 rings (SSSR count). The molecule has 0 saturated carbocycles. The molecule has 0 saturated heterocycles. The highest BCUT2D eigenvalue weighted by molar-refractivity contribution is 6.43. The van der Waals surface area contributed by atoms with Gasteiger partial charge < -0.3 is 14.8 Å². The Morgan fingerprint density at radius 2 is 1.76 bits per heavy atom. The van der Waals surface area contributed by atoms with Gasteiger partial charge in [0.15, 0.2) is 13.2 Å². The minimum absolute atomic E-state index is 0.207. The summed E-state index contributed by atoms with van der Waals surface area (Å²) in [6, 6.07) is 2.80. The first kappa shape index (κ1) is 17.9. The molecule has 116 valence electrons. The van der Waals surface area contributed by atoms with E-state index in [4.69, 9.17) is 44.3 Å². The maximum Gasteiger partial charge on any atom is 0.344 e. The van der Waals surface area contributed by atoms with Gasteiger partial charge in [-0.3, -0.25) is 4.79 Å². The molecule has 0 fully saturated rings. The Morgan fingerprint density at radius 1 is 1.10 bits per heavy atom. The number of nitrogens with one attached hydrogen (secondary N) is 1. The second kappa shape index (κ2) is 8.97. The van der Waals surface area contributed by atoms with Crippen molar-refractivity contribution < 1.29 is 19.1 Å². The van der Waals surface area contributed by atoms with Crippen molar-refractivity contribution in [1.82, 2.24) is 5.32 Å². The van der Waals surface area contributed by atoms with Crippen LogP contribution in [0.2, 0.25) is 15.1 Å². The molecule has 5 nitrogen and oxygen atoms in total. The average Bonchev–Trinajstić information content (AvgIpc) is 2.45. The number of hydrogen-bond donors (Lipinski definition) is 1. The quantitative estimate of drug-likeness (QED) is 0.603. The summed E-state index contributed by atoms with van der Waals surface area (Å²) in [6.45, 7) is 1.71. The number of halogens is 3. The van der Waals surface area contributed by atoms with Crippen LogP contribution < -0.4 is 10.1 Å². The first-order valence-electron chi connectivity index (χ1n) is 6.13. The number of carbonyl (C=O) groups is 2. The van der Waals surface area contributed by atoms with E-state index in [-0.39, 0.29) is 33.3 Å². The molecule has 0 aromatic heterocycles. The van der Waals surface area contributed by atoms with Crippen LogP contribution in [0.1, 0.15) is 13.3 Å². The Bertz CT molecular complexity index is 522. The largest absolute Gasteiger partial charge is 0.480 e. The lowest BCUT2D eigenvalue weighted by Crippen LogP contribution is -2.30. The van der Waals surface area contributed by atoms with Gasteiger partial charge in [0, 0.05) is 12.6 Å². The van der Waals surface area contributed by atoms with Gasteiger partial charge in [-0.05, 0) is 12.5 Å². The van der Waals surface area contributed by atoms with Crippen LogP contribution in [0.15, 0.2) is 12.1 Å². The van der Waals surface area contributed by atoms with E-state index in [0.717, 1.165) is 6.42 Å². The molecule has 1 aromatic carbocycles. The number of rotatable bonds is 7. The lowest BCUT2D eigenvalue weighted by molar-refractivity contribution is -0.150. The second-order valence-electron chi connectivity index (χ2n) is 4.00. The van der Waals surface area contributed by atoms with E-state index in [1.807, 2.05) is 6.92 Å². The molecule has 0 heterocycles. The smallest absolute Gasteiger partial charge is 0.344 e. The zero-order chi connectivity index (χ0) is 15.8. The zero-order valence-corrected chi connectivity index (χ0v) is 13.5. The predicted octanol–water partition coefficient (Wildman–Crippen LogP) is 3.10. The van der Waals surface area contributed by atoms with E-state index < -0.39 is 12.6 Å². The molecule has 0 aliphatic carbocycles. The molecule has 0 unspecified atom stereocenters. The lowest BCUT2D eigenvalue weighted by atomic mass is 10.3. The van der Waals surface area contributed by atoms with Gasteiger partial charge in [-0.1, -0.05) is 41.7 Å². The topological polar surface area (TPSA) is 64.6 Å². The fraction of sp³-hybridized carbons (Fsp3) is 0.385. The van der Waals surface area contributed by atoms with Crippen LogP contribution in [0.25, 0.3) is 0 Å². The summed E-state index contributed by atoms with van der Waals surface area (Å²) in [7, 11) is 0. The van der Waals surface area contributed by atoms with Gasteiger partial charge in [-0.15, -0.1) is 0 Å². The summed E-state index contributed by atoms with van der Waals surface area (Å²) >= 11 is 17.5. The van der Waals surface area contributed by atoms with Crippen molar-refractivity contribution in [2.45, 2.75) is 13.3 Å². The van der Waals surface area contributed by atoms with Crippen LogP contribution in [0.3, 0.4) is 0 Å². The third-order valence-corrected chi connectivity index (χ3v) is 3.27. The number of benzene rings is 1. The molecule has 0 spiro atoms. The van der Waals surface area contributed by atoms with Crippen molar-refractivity contribution >= 4 is 46.7 Å². The fourth-order valence-corrected chi connectivity index (χ4v) is 1.85. The highest BCUT2D eigenvalue weighted by atomic mass is 35.5. The molecule has 0 aliphatic heterocycles. The van der Waals surface area contributed by atoms with E-state index >= 15 is 0 Å². The van der Waals surface area contributed by atoms with Crippen molar-refractivity contribution in [2.75, 3.05) is 19.8 Å². The number of hydrogen-bond acceptors (Lipinski definition) is 4. The van der Waals surface area contributed by atoms with Crippen molar-refractivity contribution in [2.24, 2.45) is 0 Å². The van der Waals surface area contributed by atoms with E-state index in [9.17, 15) is 9.59 Å². The van der Waals surface area contributed by atoms with Crippen LogP contribution in [0, 0.1) is 0 Å². The summed E-state index contributed by atoms with van der Waals surface area (Å²) in [5.41, 5.74) is 0. The van der Waals surface area contributed by atoms with E-state index in [1.54, 1.807) is 0 Å². The third-order valence-electron chi connectivity index (χ3n) is 2.26. The molecular formula is C13H14Cl3NO4. The first-order chi connectivity index (χ1) is 9.93. The van der Waals surface area contributed by atoms with Gasteiger partial charge in [0.1, 0.15) is 5.75 Å². The Morgan fingerprint density at radius 3 is 2.43 bits per heavy atom. The van der Waals surface area contributed by atoms with Crippen molar-refractivity contribution in [3.8, 4) is 5.75 Å². The van der Waals surface area contributed by atoms with Crippen molar-refractivity contribution in [1.29, 1.82) is 0 Å². The van der Waals surface area contributed by atoms with Gasteiger partial charge >= 0.3 is 5.97 Å². The van der Waals surface area contributed by atoms with Gasteiger partial charge in [0.05, 0.1) is 15.1 Å². The van der Waals surface area contributed by atoms with Gasteiger partial charge in [-0.25, -0.2) is 4.79 Å². The molecule has 0 radical (unpaired) electrons. The molecule has 1 amide bonds. The molecule has 1 N–H and O–H groups in total. The van der Waals surface area contributed by atoms with E-state index in [2.05, 4.69) is 5.32 Å². The number of ether oxygens (including phenoxy) is 2. The predicted molar refractivity (Wildman–Crippen MR) is 81.2 cm³/mol. The van der Waals surface area contributed by atoms with Gasteiger partial charge in [0.2, 0.25) is 0 Å². The fourth-order valence-electron chi connectivity index (χ4n) is 1.25. The van der Waals surface area contributed by atoms with E-state index in [1.165, 1.54) is 12.1 Å². The molecule has 0 bridgehead atoms. The van der Waals surface area contributed by atoms with E-state index in [0.29, 0.717) is 6.54 Å². The molecule has 21 heavy (non-hydrogen) atoms. The summed E-state index contributed by atoms with van der Waals surface area (Å²) in [4.78, 5) is 22.7. The van der Waals surface area contributed by atoms with Gasteiger partial charge in [-0.2, -0.15) is 0 Å². The maximum atomic E-state index is 11.4.